The van der Waals surface area contributed by atoms with Crippen molar-refractivity contribution in [1.29, 1.82) is 0 Å². The van der Waals surface area contributed by atoms with Gasteiger partial charge in [0.05, 0.1) is 16.1 Å². The fraction of sp³-hybridized carbons (Fsp3) is 0.269. The minimum absolute atomic E-state index is 0.0615. The third-order valence-corrected chi connectivity index (χ3v) is 8.09. The molecule has 0 saturated heterocycles. The summed E-state index contributed by atoms with van der Waals surface area (Å²) in [4.78, 5) is 14.5. The number of hydrogen-bond donors (Lipinski definition) is 3. The molecule has 4 aromatic rings. The maximum absolute atomic E-state index is 12.2. The highest BCUT2D eigenvalue weighted by Crippen LogP contribution is 2.39. The number of pyridine rings is 1. The lowest BCUT2D eigenvalue weighted by Gasteiger charge is -2.16. The molecule has 38 heavy (non-hydrogen) atoms. The van der Waals surface area contributed by atoms with Crippen molar-refractivity contribution in [2.45, 2.75) is 43.7 Å². The van der Waals surface area contributed by atoms with Crippen molar-refractivity contribution < 1.29 is 17.2 Å². The van der Waals surface area contributed by atoms with Gasteiger partial charge in [0, 0.05) is 40.9 Å². The third-order valence-electron chi connectivity index (χ3n) is 6.45. The van der Waals surface area contributed by atoms with Crippen LogP contribution in [0, 0.1) is 6.92 Å². The summed E-state index contributed by atoms with van der Waals surface area (Å²) in [6.45, 7) is 4.33. The Balaban J connectivity index is 1.47. The Kier molecular flexibility index (Phi) is 6.80. The van der Waals surface area contributed by atoms with Gasteiger partial charge in [-0.1, -0.05) is 24.3 Å². The Labute approximate surface area is 223 Å². The summed E-state index contributed by atoms with van der Waals surface area (Å²) in [6, 6.07) is 16.0. The van der Waals surface area contributed by atoms with Gasteiger partial charge >= 0.3 is 0 Å². The number of benzene rings is 2. The SMILES string of the molecule is Cc1ccc(-c2ccc3nc(NCc4ccc(NS(=O)[O-])cc4)nc(NC4(C)CC4)c3n2)cc1S(C)(=O)=O. The number of nitrogens with one attached hydrogen (secondary N) is 3. The van der Waals surface area contributed by atoms with E-state index >= 15 is 0 Å². The van der Waals surface area contributed by atoms with Gasteiger partial charge in [0.15, 0.2) is 15.7 Å². The zero-order chi connectivity index (χ0) is 27.1. The second-order valence-corrected chi connectivity index (χ2v) is 12.4. The Morgan fingerprint density at radius 1 is 1.03 bits per heavy atom. The molecule has 0 radical (unpaired) electrons. The zero-order valence-corrected chi connectivity index (χ0v) is 22.7. The van der Waals surface area contributed by atoms with Crippen molar-refractivity contribution >= 4 is 49.6 Å². The molecule has 0 amide bonds. The zero-order valence-electron chi connectivity index (χ0n) is 21.1. The number of rotatable bonds is 9. The molecule has 3 N–H and O–H groups in total. The standard InChI is InChI=1S/C26H28N6O4S2/c1-16-4-7-18(14-22(16)38(3,35)36)20-10-11-21-23(28-20)24(31-26(2)12-13-26)30-25(29-21)27-15-17-5-8-19(9-6-17)32-37(33)34/h4-11,14,32H,12-13,15H2,1-3H3,(H,33,34)(H2,27,29,30,31)/p-1. The first-order chi connectivity index (χ1) is 18.0. The highest BCUT2D eigenvalue weighted by Gasteiger charge is 2.38. The minimum atomic E-state index is -3.38. The van der Waals surface area contributed by atoms with Gasteiger partial charge in [0.2, 0.25) is 5.95 Å². The molecule has 12 heteroatoms. The number of aryl methyl sites for hydroxylation is 1. The second kappa shape index (κ2) is 9.93. The van der Waals surface area contributed by atoms with Crippen LogP contribution in [0.4, 0.5) is 17.5 Å². The lowest BCUT2D eigenvalue weighted by atomic mass is 10.1. The summed E-state index contributed by atoms with van der Waals surface area (Å²) in [5, 5.41) is 6.74. The third kappa shape index (κ3) is 5.93. The first-order valence-corrected chi connectivity index (χ1v) is 14.9. The molecule has 1 aliphatic rings. The van der Waals surface area contributed by atoms with Gasteiger partial charge in [-0.05, 0) is 68.1 Å². The van der Waals surface area contributed by atoms with Crippen molar-refractivity contribution in [3.63, 3.8) is 0 Å². The van der Waals surface area contributed by atoms with Gasteiger partial charge in [-0.25, -0.2) is 18.4 Å². The highest BCUT2D eigenvalue weighted by atomic mass is 32.2. The maximum Gasteiger partial charge on any atom is 0.225 e. The van der Waals surface area contributed by atoms with E-state index in [9.17, 15) is 17.2 Å². The number of sulfone groups is 1. The fourth-order valence-electron chi connectivity index (χ4n) is 4.07. The summed E-state index contributed by atoms with van der Waals surface area (Å²) in [7, 11) is -3.38. The Morgan fingerprint density at radius 2 is 1.76 bits per heavy atom. The first kappa shape index (κ1) is 26.0. The van der Waals surface area contributed by atoms with Crippen LogP contribution in [-0.2, 0) is 27.6 Å². The number of nitrogens with zero attached hydrogens (tertiary/aromatic N) is 3. The van der Waals surface area contributed by atoms with Gasteiger partial charge in [-0.3, -0.25) is 4.21 Å². The van der Waals surface area contributed by atoms with Gasteiger partial charge in [0.25, 0.3) is 0 Å². The van der Waals surface area contributed by atoms with Crippen molar-refractivity contribution in [1.82, 2.24) is 15.0 Å². The van der Waals surface area contributed by atoms with Gasteiger partial charge in [0.1, 0.15) is 5.52 Å². The van der Waals surface area contributed by atoms with Crippen LogP contribution in [-0.4, -0.2) is 43.9 Å². The van der Waals surface area contributed by atoms with Crippen molar-refractivity contribution in [2.75, 3.05) is 21.6 Å². The Bertz CT molecular complexity index is 1650. The quantitative estimate of drug-likeness (QED) is 0.260. The molecular weight excluding hydrogens is 524 g/mol. The monoisotopic (exact) mass is 551 g/mol. The van der Waals surface area contributed by atoms with Crippen molar-refractivity contribution in [2.24, 2.45) is 0 Å². The van der Waals surface area contributed by atoms with Crippen LogP contribution < -0.4 is 15.4 Å². The fourth-order valence-corrected chi connectivity index (χ4v) is 5.39. The summed E-state index contributed by atoms with van der Waals surface area (Å²) in [5.74, 6) is 1.03. The molecule has 1 unspecified atom stereocenters. The van der Waals surface area contributed by atoms with Crippen molar-refractivity contribution in [3.05, 3.63) is 65.7 Å². The van der Waals surface area contributed by atoms with Crippen LogP contribution in [0.25, 0.3) is 22.3 Å². The van der Waals surface area contributed by atoms with E-state index < -0.39 is 21.1 Å². The van der Waals surface area contributed by atoms with Crippen LogP contribution in [0.3, 0.4) is 0 Å². The maximum atomic E-state index is 12.2. The van der Waals surface area contributed by atoms with E-state index in [1.54, 1.807) is 31.2 Å². The number of aromatic nitrogens is 3. The Morgan fingerprint density at radius 3 is 2.42 bits per heavy atom. The molecule has 2 aromatic carbocycles. The molecule has 0 aliphatic heterocycles. The molecular formula is C26H27N6O4S2-. The van der Waals surface area contributed by atoms with E-state index in [4.69, 9.17) is 9.97 Å². The van der Waals surface area contributed by atoms with E-state index in [-0.39, 0.29) is 10.4 Å². The molecule has 1 fully saturated rings. The minimum Gasteiger partial charge on any atom is -0.755 e. The lowest BCUT2D eigenvalue weighted by molar-refractivity contribution is 0.542. The molecule has 5 rings (SSSR count). The molecule has 10 nitrogen and oxygen atoms in total. The molecule has 1 saturated carbocycles. The molecule has 0 spiro atoms. The van der Waals surface area contributed by atoms with E-state index in [1.165, 1.54) is 6.26 Å². The second-order valence-electron chi connectivity index (χ2n) is 9.79. The van der Waals surface area contributed by atoms with Crippen molar-refractivity contribution in [3.8, 4) is 11.3 Å². The molecule has 0 bridgehead atoms. The van der Waals surface area contributed by atoms with Gasteiger partial charge < -0.3 is 19.9 Å². The molecule has 198 valence electrons. The summed E-state index contributed by atoms with van der Waals surface area (Å²) in [5.41, 5.74) is 4.60. The smallest absolute Gasteiger partial charge is 0.225 e. The van der Waals surface area contributed by atoms with Crippen LogP contribution in [0.5, 0.6) is 0 Å². The molecule has 2 aromatic heterocycles. The normalized spacial score (nSPS) is 15.2. The molecule has 1 aliphatic carbocycles. The van der Waals surface area contributed by atoms with E-state index in [0.29, 0.717) is 51.9 Å². The lowest BCUT2D eigenvalue weighted by Crippen LogP contribution is -2.18. The average molecular weight is 552 g/mol. The van der Waals surface area contributed by atoms with E-state index in [1.807, 2.05) is 30.3 Å². The summed E-state index contributed by atoms with van der Waals surface area (Å²) >= 11 is -2.37. The number of fused-ring (bicyclic) bond motifs is 1. The van der Waals surface area contributed by atoms with Gasteiger partial charge in [-0.15, -0.1) is 0 Å². The van der Waals surface area contributed by atoms with Crippen LogP contribution in [0.1, 0.15) is 30.9 Å². The van der Waals surface area contributed by atoms with E-state index in [0.717, 1.165) is 18.4 Å². The van der Waals surface area contributed by atoms with Gasteiger partial charge in [-0.2, -0.15) is 4.98 Å². The Hall–Kier alpha value is -3.61. The predicted octanol–water partition coefficient (Wildman–Crippen LogP) is 4.19. The summed E-state index contributed by atoms with van der Waals surface area (Å²) in [6.07, 6.45) is 3.24. The number of hydrogen-bond acceptors (Lipinski definition) is 9. The van der Waals surface area contributed by atoms with E-state index in [2.05, 4.69) is 27.3 Å². The van der Waals surface area contributed by atoms with Crippen LogP contribution in [0.2, 0.25) is 0 Å². The van der Waals surface area contributed by atoms with Crippen LogP contribution in [0.15, 0.2) is 59.5 Å². The first-order valence-electron chi connectivity index (χ1n) is 12.0. The largest absolute Gasteiger partial charge is 0.755 e. The summed E-state index contributed by atoms with van der Waals surface area (Å²) < 4.78 is 48.4. The average Bonchev–Trinajstić information content (AvgIpc) is 3.59. The highest BCUT2D eigenvalue weighted by molar-refractivity contribution is 7.90. The predicted molar refractivity (Wildman–Crippen MR) is 148 cm³/mol. The number of anilines is 3. The molecule has 1 atom stereocenters. The van der Waals surface area contributed by atoms with Crippen LogP contribution >= 0.6 is 0 Å². The molecule has 2 heterocycles. The topological polar surface area (TPSA) is 149 Å².